The third kappa shape index (κ3) is 1.93. The number of hydrogen-bond donors (Lipinski definition) is 2. The van der Waals surface area contributed by atoms with Gasteiger partial charge in [-0.15, -0.1) is 0 Å². The first-order valence-electron chi connectivity index (χ1n) is 3.72. The Hall–Kier alpha value is -1.06. The summed E-state index contributed by atoms with van der Waals surface area (Å²) in [5, 5.41) is 12.2. The Morgan fingerprint density at radius 2 is 2.45 bits per heavy atom. The Balaban J connectivity index is 2.53. The molecule has 0 spiro atoms. The molecule has 1 aliphatic rings. The molecule has 0 aromatic carbocycles. The first-order chi connectivity index (χ1) is 5.24. The van der Waals surface area contributed by atoms with Gasteiger partial charge in [0.1, 0.15) is 0 Å². The van der Waals surface area contributed by atoms with Crippen LogP contribution in [0.3, 0.4) is 0 Å². The SMILES string of the molecule is N/N=C1/CCC[C@@H](C(=O)O)C1. The highest BCUT2D eigenvalue weighted by Gasteiger charge is 2.23. The van der Waals surface area contributed by atoms with E-state index in [4.69, 9.17) is 10.9 Å². The first-order valence-corrected chi connectivity index (χ1v) is 3.72. The fourth-order valence-electron chi connectivity index (χ4n) is 1.37. The molecule has 1 saturated carbocycles. The highest BCUT2D eigenvalue weighted by Crippen LogP contribution is 2.21. The summed E-state index contributed by atoms with van der Waals surface area (Å²) in [7, 11) is 0. The summed E-state index contributed by atoms with van der Waals surface area (Å²) in [4.78, 5) is 10.5. The predicted molar refractivity (Wildman–Crippen MR) is 41.2 cm³/mol. The maximum absolute atomic E-state index is 10.5. The van der Waals surface area contributed by atoms with E-state index in [1.165, 1.54) is 0 Å². The summed E-state index contributed by atoms with van der Waals surface area (Å²) < 4.78 is 0. The van der Waals surface area contributed by atoms with Crippen molar-refractivity contribution in [2.45, 2.75) is 25.7 Å². The summed E-state index contributed by atoms with van der Waals surface area (Å²) in [5.41, 5.74) is 0.837. The third-order valence-electron chi connectivity index (χ3n) is 2.03. The number of nitrogens with two attached hydrogens (primary N) is 1. The van der Waals surface area contributed by atoms with Crippen LogP contribution in [0.25, 0.3) is 0 Å². The van der Waals surface area contributed by atoms with E-state index in [-0.39, 0.29) is 5.92 Å². The average molecular weight is 156 g/mol. The van der Waals surface area contributed by atoms with E-state index < -0.39 is 5.97 Å². The van der Waals surface area contributed by atoms with Crippen LogP contribution < -0.4 is 5.84 Å². The largest absolute Gasteiger partial charge is 0.481 e. The Labute approximate surface area is 65.1 Å². The minimum atomic E-state index is -0.731. The molecule has 0 aromatic heterocycles. The van der Waals surface area contributed by atoms with E-state index in [0.717, 1.165) is 25.0 Å². The predicted octanol–water partition coefficient (Wildman–Crippen LogP) is 0.576. The van der Waals surface area contributed by atoms with Gasteiger partial charge in [-0.05, 0) is 19.3 Å². The van der Waals surface area contributed by atoms with Crippen molar-refractivity contribution in [3.63, 3.8) is 0 Å². The maximum atomic E-state index is 10.5. The summed E-state index contributed by atoms with van der Waals surface area (Å²) in [6, 6.07) is 0. The number of nitrogens with zero attached hydrogens (tertiary/aromatic N) is 1. The van der Waals surface area contributed by atoms with Crippen molar-refractivity contribution in [3.05, 3.63) is 0 Å². The Morgan fingerprint density at radius 1 is 1.73 bits per heavy atom. The topological polar surface area (TPSA) is 75.7 Å². The van der Waals surface area contributed by atoms with Crippen LogP contribution in [0.2, 0.25) is 0 Å². The van der Waals surface area contributed by atoms with Crippen LogP contribution in [-0.4, -0.2) is 16.8 Å². The first kappa shape index (κ1) is 8.04. The van der Waals surface area contributed by atoms with Crippen LogP contribution in [-0.2, 0) is 4.79 Å². The molecule has 0 aliphatic heterocycles. The molecule has 0 radical (unpaired) electrons. The summed E-state index contributed by atoms with van der Waals surface area (Å²) >= 11 is 0. The van der Waals surface area contributed by atoms with Crippen LogP contribution in [0.5, 0.6) is 0 Å². The monoisotopic (exact) mass is 156 g/mol. The zero-order valence-corrected chi connectivity index (χ0v) is 6.29. The molecule has 4 nitrogen and oxygen atoms in total. The van der Waals surface area contributed by atoms with Crippen LogP contribution in [0.4, 0.5) is 0 Å². The van der Waals surface area contributed by atoms with E-state index >= 15 is 0 Å². The number of aliphatic carboxylic acids is 1. The smallest absolute Gasteiger partial charge is 0.306 e. The molecule has 1 rings (SSSR count). The number of carboxylic acid groups (broad SMARTS) is 1. The molecule has 1 aliphatic carbocycles. The number of carboxylic acids is 1. The number of rotatable bonds is 1. The number of hydrogen-bond acceptors (Lipinski definition) is 3. The van der Waals surface area contributed by atoms with E-state index in [1.54, 1.807) is 0 Å². The summed E-state index contributed by atoms with van der Waals surface area (Å²) in [5.74, 6) is 4.07. The zero-order valence-electron chi connectivity index (χ0n) is 6.29. The Bertz CT molecular complexity index is 189. The lowest BCUT2D eigenvalue weighted by Crippen LogP contribution is -2.23. The Kier molecular flexibility index (Phi) is 2.46. The molecule has 1 atom stereocenters. The van der Waals surface area contributed by atoms with Crippen LogP contribution >= 0.6 is 0 Å². The second kappa shape index (κ2) is 3.37. The van der Waals surface area contributed by atoms with Gasteiger partial charge in [-0.25, -0.2) is 0 Å². The molecule has 62 valence electrons. The van der Waals surface area contributed by atoms with E-state index in [2.05, 4.69) is 5.10 Å². The van der Waals surface area contributed by atoms with Crippen LogP contribution in [0.15, 0.2) is 5.10 Å². The Morgan fingerprint density at radius 3 is 3.00 bits per heavy atom. The molecule has 0 bridgehead atoms. The normalized spacial score (nSPS) is 28.7. The zero-order chi connectivity index (χ0) is 8.27. The average Bonchev–Trinajstić information content (AvgIpc) is 2.05. The molecule has 0 amide bonds. The lowest BCUT2D eigenvalue weighted by Gasteiger charge is -2.18. The second-order valence-corrected chi connectivity index (χ2v) is 2.83. The lowest BCUT2D eigenvalue weighted by atomic mass is 9.88. The third-order valence-corrected chi connectivity index (χ3v) is 2.03. The minimum absolute atomic E-state index is 0.258. The van der Waals surface area contributed by atoms with Crippen molar-refractivity contribution in [1.29, 1.82) is 0 Å². The fourth-order valence-corrected chi connectivity index (χ4v) is 1.37. The van der Waals surface area contributed by atoms with E-state index in [1.807, 2.05) is 0 Å². The summed E-state index contributed by atoms with van der Waals surface area (Å²) in [6.45, 7) is 0. The van der Waals surface area contributed by atoms with Gasteiger partial charge in [-0.2, -0.15) is 5.10 Å². The molecule has 0 heterocycles. The molecule has 3 N–H and O–H groups in total. The quantitative estimate of drug-likeness (QED) is 0.430. The molecule has 11 heavy (non-hydrogen) atoms. The lowest BCUT2D eigenvalue weighted by molar-refractivity contribution is -0.141. The van der Waals surface area contributed by atoms with Gasteiger partial charge in [-0.1, -0.05) is 0 Å². The van der Waals surface area contributed by atoms with Crippen LogP contribution in [0.1, 0.15) is 25.7 Å². The highest BCUT2D eigenvalue weighted by atomic mass is 16.4. The van der Waals surface area contributed by atoms with Crippen molar-refractivity contribution in [2.75, 3.05) is 0 Å². The minimum Gasteiger partial charge on any atom is -0.481 e. The van der Waals surface area contributed by atoms with Gasteiger partial charge in [0.05, 0.1) is 5.92 Å². The molecular formula is C7H12N2O2. The van der Waals surface area contributed by atoms with Gasteiger partial charge in [0, 0.05) is 12.1 Å². The van der Waals surface area contributed by atoms with Crippen molar-refractivity contribution in [3.8, 4) is 0 Å². The molecule has 0 aromatic rings. The fraction of sp³-hybridized carbons (Fsp3) is 0.714. The van der Waals surface area contributed by atoms with E-state index in [9.17, 15) is 4.79 Å². The molecule has 0 saturated heterocycles. The molecule has 0 unspecified atom stereocenters. The van der Waals surface area contributed by atoms with Gasteiger partial charge in [0.2, 0.25) is 0 Å². The van der Waals surface area contributed by atoms with Crippen LogP contribution in [0, 0.1) is 5.92 Å². The van der Waals surface area contributed by atoms with Gasteiger partial charge >= 0.3 is 5.97 Å². The molecular weight excluding hydrogens is 144 g/mol. The van der Waals surface area contributed by atoms with Gasteiger partial charge in [-0.3, -0.25) is 4.79 Å². The molecule has 1 fully saturated rings. The standard InChI is InChI=1S/C7H12N2O2/c8-9-6-3-1-2-5(4-6)7(10)11/h5H,1-4,8H2,(H,10,11)/b9-6-/t5-/m1/s1. The second-order valence-electron chi connectivity index (χ2n) is 2.83. The van der Waals surface area contributed by atoms with Crippen molar-refractivity contribution >= 4 is 11.7 Å². The number of carbonyl (C=O) groups is 1. The number of hydrazone groups is 1. The van der Waals surface area contributed by atoms with Gasteiger partial charge < -0.3 is 10.9 Å². The van der Waals surface area contributed by atoms with Crippen molar-refractivity contribution < 1.29 is 9.90 Å². The maximum Gasteiger partial charge on any atom is 0.306 e. The molecule has 4 heteroatoms. The van der Waals surface area contributed by atoms with Crippen molar-refractivity contribution in [2.24, 2.45) is 16.9 Å². The van der Waals surface area contributed by atoms with Gasteiger partial charge in [0.15, 0.2) is 0 Å². The van der Waals surface area contributed by atoms with E-state index in [0.29, 0.717) is 6.42 Å². The van der Waals surface area contributed by atoms with Crippen molar-refractivity contribution in [1.82, 2.24) is 0 Å². The highest BCUT2D eigenvalue weighted by molar-refractivity contribution is 5.89. The van der Waals surface area contributed by atoms with Gasteiger partial charge in [0.25, 0.3) is 0 Å². The summed E-state index contributed by atoms with van der Waals surface area (Å²) in [6.07, 6.45) is 3.05.